The van der Waals surface area contributed by atoms with Crippen molar-refractivity contribution in [1.82, 2.24) is 0 Å². The van der Waals surface area contributed by atoms with Crippen molar-refractivity contribution in [3.05, 3.63) is 29.3 Å². The third kappa shape index (κ3) is 5.11. The van der Waals surface area contributed by atoms with E-state index in [9.17, 15) is 13.2 Å². The molecule has 0 amide bonds. The molecule has 0 unspecified atom stereocenters. The smallest absolute Gasteiger partial charge is 0.406 e. The Labute approximate surface area is 99.6 Å². The molecule has 1 aromatic rings. The summed E-state index contributed by atoms with van der Waals surface area (Å²) in [5.41, 5.74) is 1.92. The molecule has 0 saturated carbocycles. The Morgan fingerprint density at radius 1 is 1.24 bits per heavy atom. The highest BCUT2D eigenvalue weighted by atomic mass is 19.4. The second-order valence-electron chi connectivity index (χ2n) is 4.57. The summed E-state index contributed by atoms with van der Waals surface area (Å²) >= 11 is 0. The molecule has 96 valence electrons. The Bertz CT molecular complexity index is 369. The molecule has 1 rings (SSSR count). The first-order valence-corrected chi connectivity index (χ1v) is 5.63. The Kier molecular flexibility index (Phi) is 4.43. The zero-order valence-electron chi connectivity index (χ0n) is 10.3. The van der Waals surface area contributed by atoms with E-state index in [4.69, 9.17) is 0 Å². The van der Waals surface area contributed by atoms with E-state index in [1.807, 2.05) is 0 Å². The summed E-state index contributed by atoms with van der Waals surface area (Å²) in [5, 5.41) is 0. The third-order valence-corrected chi connectivity index (χ3v) is 2.54. The number of halogens is 3. The summed E-state index contributed by atoms with van der Waals surface area (Å²) in [6.07, 6.45) is -2.71. The standard InChI is InChI=1S/C13H17F3O/c1-9(2)4-5-11-6-7-12(8-10(11)3)17-13(14,15)16/h6-9H,4-5H2,1-3H3. The maximum Gasteiger partial charge on any atom is 0.573 e. The molecular weight excluding hydrogens is 229 g/mol. The molecule has 0 N–H and O–H groups in total. The third-order valence-electron chi connectivity index (χ3n) is 2.54. The lowest BCUT2D eigenvalue weighted by Crippen LogP contribution is -2.17. The van der Waals surface area contributed by atoms with Gasteiger partial charge < -0.3 is 4.74 Å². The van der Waals surface area contributed by atoms with Crippen LogP contribution in [0.15, 0.2) is 18.2 Å². The van der Waals surface area contributed by atoms with Crippen molar-refractivity contribution in [3.63, 3.8) is 0 Å². The fourth-order valence-electron chi connectivity index (χ4n) is 1.59. The summed E-state index contributed by atoms with van der Waals surface area (Å²) in [6, 6.07) is 4.51. The average Bonchev–Trinajstić information content (AvgIpc) is 2.13. The number of rotatable bonds is 4. The second kappa shape index (κ2) is 5.43. The monoisotopic (exact) mass is 246 g/mol. The number of aryl methyl sites for hydroxylation is 2. The van der Waals surface area contributed by atoms with E-state index in [-0.39, 0.29) is 5.75 Å². The first-order chi connectivity index (χ1) is 7.78. The van der Waals surface area contributed by atoms with Gasteiger partial charge in [-0.2, -0.15) is 0 Å². The molecule has 0 fully saturated rings. The van der Waals surface area contributed by atoms with Crippen molar-refractivity contribution >= 4 is 0 Å². The Morgan fingerprint density at radius 2 is 1.88 bits per heavy atom. The van der Waals surface area contributed by atoms with Crippen LogP contribution in [-0.4, -0.2) is 6.36 Å². The first-order valence-electron chi connectivity index (χ1n) is 5.63. The summed E-state index contributed by atoms with van der Waals surface area (Å²) in [6.45, 7) is 6.05. The maximum atomic E-state index is 12.0. The number of benzene rings is 1. The second-order valence-corrected chi connectivity index (χ2v) is 4.57. The minimum absolute atomic E-state index is 0.150. The van der Waals surface area contributed by atoms with E-state index in [0.717, 1.165) is 24.0 Å². The summed E-state index contributed by atoms with van der Waals surface area (Å²) < 4.78 is 39.9. The van der Waals surface area contributed by atoms with Crippen LogP contribution in [0.5, 0.6) is 5.75 Å². The molecule has 4 heteroatoms. The van der Waals surface area contributed by atoms with Gasteiger partial charge in [-0.1, -0.05) is 19.9 Å². The summed E-state index contributed by atoms with van der Waals surface area (Å²) in [7, 11) is 0. The van der Waals surface area contributed by atoms with Gasteiger partial charge in [0.2, 0.25) is 0 Å². The lowest BCUT2D eigenvalue weighted by Gasteiger charge is -2.12. The summed E-state index contributed by atoms with van der Waals surface area (Å²) in [5.74, 6) is 0.434. The zero-order valence-corrected chi connectivity index (χ0v) is 10.3. The van der Waals surface area contributed by atoms with Gasteiger partial charge in [-0.15, -0.1) is 13.2 Å². The number of alkyl halides is 3. The normalized spacial score (nSPS) is 11.9. The first kappa shape index (κ1) is 13.9. The van der Waals surface area contributed by atoms with Crippen LogP contribution in [0.1, 0.15) is 31.4 Å². The Hall–Kier alpha value is -1.19. The molecule has 0 radical (unpaired) electrons. The molecule has 17 heavy (non-hydrogen) atoms. The van der Waals surface area contributed by atoms with E-state index < -0.39 is 6.36 Å². The van der Waals surface area contributed by atoms with Gasteiger partial charge in [-0.3, -0.25) is 0 Å². The lowest BCUT2D eigenvalue weighted by molar-refractivity contribution is -0.274. The largest absolute Gasteiger partial charge is 0.573 e. The van der Waals surface area contributed by atoms with Crippen LogP contribution < -0.4 is 4.74 Å². The molecule has 0 aliphatic heterocycles. The van der Waals surface area contributed by atoms with Gasteiger partial charge in [-0.05, 0) is 48.9 Å². The van der Waals surface area contributed by atoms with Crippen LogP contribution in [0.2, 0.25) is 0 Å². The van der Waals surface area contributed by atoms with Crippen molar-refractivity contribution < 1.29 is 17.9 Å². The molecule has 0 spiro atoms. The van der Waals surface area contributed by atoms with Gasteiger partial charge >= 0.3 is 6.36 Å². The Balaban J connectivity index is 2.72. The van der Waals surface area contributed by atoms with Gasteiger partial charge in [0, 0.05) is 0 Å². The fraction of sp³-hybridized carbons (Fsp3) is 0.538. The predicted molar refractivity (Wildman–Crippen MR) is 61.0 cm³/mol. The molecule has 1 aromatic carbocycles. The zero-order chi connectivity index (χ0) is 13.1. The summed E-state index contributed by atoms with van der Waals surface area (Å²) in [4.78, 5) is 0. The van der Waals surface area contributed by atoms with Crippen LogP contribution in [0, 0.1) is 12.8 Å². The highest BCUT2D eigenvalue weighted by Gasteiger charge is 2.31. The van der Waals surface area contributed by atoms with Gasteiger partial charge in [0.25, 0.3) is 0 Å². The predicted octanol–water partition coefficient (Wildman–Crippen LogP) is 4.48. The number of hydrogen-bond donors (Lipinski definition) is 0. The van der Waals surface area contributed by atoms with Crippen LogP contribution in [0.25, 0.3) is 0 Å². The quantitative estimate of drug-likeness (QED) is 0.761. The Morgan fingerprint density at radius 3 is 2.35 bits per heavy atom. The van der Waals surface area contributed by atoms with Crippen molar-refractivity contribution in [2.45, 2.75) is 40.0 Å². The molecule has 0 saturated heterocycles. The number of ether oxygens (including phenoxy) is 1. The van der Waals surface area contributed by atoms with Crippen LogP contribution >= 0.6 is 0 Å². The molecule has 0 bridgehead atoms. The van der Waals surface area contributed by atoms with E-state index in [1.54, 1.807) is 13.0 Å². The van der Waals surface area contributed by atoms with Crippen molar-refractivity contribution in [2.75, 3.05) is 0 Å². The molecule has 1 nitrogen and oxygen atoms in total. The topological polar surface area (TPSA) is 9.23 Å². The highest BCUT2D eigenvalue weighted by Crippen LogP contribution is 2.25. The van der Waals surface area contributed by atoms with Crippen LogP contribution in [0.3, 0.4) is 0 Å². The van der Waals surface area contributed by atoms with Crippen LogP contribution in [-0.2, 0) is 6.42 Å². The van der Waals surface area contributed by atoms with E-state index in [1.165, 1.54) is 12.1 Å². The van der Waals surface area contributed by atoms with Crippen LogP contribution in [0.4, 0.5) is 13.2 Å². The molecule has 0 atom stereocenters. The molecule has 0 aliphatic carbocycles. The van der Waals surface area contributed by atoms with Crippen molar-refractivity contribution in [3.8, 4) is 5.75 Å². The highest BCUT2D eigenvalue weighted by molar-refractivity contribution is 5.35. The van der Waals surface area contributed by atoms with Gasteiger partial charge in [0.05, 0.1) is 0 Å². The lowest BCUT2D eigenvalue weighted by atomic mass is 9.99. The van der Waals surface area contributed by atoms with Crippen molar-refractivity contribution in [2.24, 2.45) is 5.92 Å². The van der Waals surface area contributed by atoms with E-state index in [0.29, 0.717) is 5.92 Å². The van der Waals surface area contributed by atoms with Gasteiger partial charge in [0.1, 0.15) is 5.75 Å². The SMILES string of the molecule is Cc1cc(OC(F)(F)F)ccc1CCC(C)C. The van der Waals surface area contributed by atoms with Crippen molar-refractivity contribution in [1.29, 1.82) is 0 Å². The molecule has 0 aliphatic rings. The minimum Gasteiger partial charge on any atom is -0.406 e. The van der Waals surface area contributed by atoms with E-state index >= 15 is 0 Å². The van der Waals surface area contributed by atoms with Gasteiger partial charge in [-0.25, -0.2) is 0 Å². The van der Waals surface area contributed by atoms with E-state index in [2.05, 4.69) is 18.6 Å². The molecule has 0 heterocycles. The van der Waals surface area contributed by atoms with Gasteiger partial charge in [0.15, 0.2) is 0 Å². The fourth-order valence-corrected chi connectivity index (χ4v) is 1.59. The number of hydrogen-bond acceptors (Lipinski definition) is 1. The molecule has 0 aromatic heterocycles. The maximum absolute atomic E-state index is 12.0. The average molecular weight is 246 g/mol. The minimum atomic E-state index is -4.62. The molecular formula is C13H17F3O.